The van der Waals surface area contributed by atoms with Crippen molar-refractivity contribution in [3.05, 3.63) is 0 Å². The molecule has 0 saturated heterocycles. The largest absolute Gasteiger partial charge is 0.356 e. The van der Waals surface area contributed by atoms with Crippen molar-refractivity contribution in [3.63, 3.8) is 0 Å². The van der Waals surface area contributed by atoms with Crippen LogP contribution in [0.2, 0.25) is 0 Å². The van der Waals surface area contributed by atoms with Crippen molar-refractivity contribution < 1.29 is 18.9 Å². The topological polar surface area (TPSA) is 36.9 Å². The van der Waals surface area contributed by atoms with E-state index in [1.165, 1.54) is 32.1 Å². The van der Waals surface area contributed by atoms with Crippen LogP contribution in [0, 0.1) is 17.3 Å². The Morgan fingerprint density at radius 1 is 0.800 bits per heavy atom. The Morgan fingerprint density at radius 3 is 2.05 bits per heavy atom. The molecular weight excluding hydrogens is 256 g/mol. The first-order chi connectivity index (χ1) is 9.74. The van der Waals surface area contributed by atoms with Crippen LogP contribution < -0.4 is 0 Å². The fourth-order valence-electron chi connectivity index (χ4n) is 4.88. The molecule has 2 aliphatic rings. The van der Waals surface area contributed by atoms with Crippen LogP contribution in [0.1, 0.15) is 44.9 Å². The van der Waals surface area contributed by atoms with Gasteiger partial charge in [-0.05, 0) is 31.6 Å². The molecule has 0 spiro atoms. The fraction of sp³-hybridized carbons (Fsp3) is 1.00. The molecule has 0 aromatic heterocycles. The Bertz CT molecular complexity index is 282. The van der Waals surface area contributed by atoms with Gasteiger partial charge in [0.15, 0.2) is 12.6 Å². The van der Waals surface area contributed by atoms with E-state index in [1.807, 2.05) is 0 Å². The smallest absolute Gasteiger partial charge is 0.163 e. The number of hydrogen-bond acceptors (Lipinski definition) is 4. The lowest BCUT2D eigenvalue weighted by Crippen LogP contribution is -2.56. The van der Waals surface area contributed by atoms with Crippen molar-refractivity contribution in [3.8, 4) is 0 Å². The lowest BCUT2D eigenvalue weighted by molar-refractivity contribution is -0.277. The van der Waals surface area contributed by atoms with Gasteiger partial charge in [-0.1, -0.05) is 19.3 Å². The molecule has 0 aliphatic heterocycles. The molecule has 0 aromatic carbocycles. The summed E-state index contributed by atoms with van der Waals surface area (Å²) in [4.78, 5) is 0. The summed E-state index contributed by atoms with van der Waals surface area (Å²) in [5.41, 5.74) is 0.0384. The highest BCUT2D eigenvalue weighted by Gasteiger charge is 2.56. The van der Waals surface area contributed by atoms with Crippen molar-refractivity contribution in [1.82, 2.24) is 0 Å². The molecule has 20 heavy (non-hydrogen) atoms. The van der Waals surface area contributed by atoms with Gasteiger partial charge in [0.2, 0.25) is 0 Å². The molecule has 2 aliphatic carbocycles. The van der Waals surface area contributed by atoms with Crippen molar-refractivity contribution in [2.75, 3.05) is 28.4 Å². The highest BCUT2D eigenvalue weighted by molar-refractivity contribution is 5.01. The highest BCUT2D eigenvalue weighted by atomic mass is 16.7. The Hall–Kier alpha value is -0.160. The molecule has 3 atom stereocenters. The van der Waals surface area contributed by atoms with E-state index in [1.54, 1.807) is 28.4 Å². The Kier molecular flexibility index (Phi) is 5.84. The van der Waals surface area contributed by atoms with E-state index in [0.29, 0.717) is 11.8 Å². The van der Waals surface area contributed by atoms with Crippen molar-refractivity contribution in [1.29, 1.82) is 0 Å². The lowest BCUT2D eigenvalue weighted by Gasteiger charge is -2.56. The molecule has 0 N–H and O–H groups in total. The maximum absolute atomic E-state index is 5.74. The van der Waals surface area contributed by atoms with E-state index in [-0.39, 0.29) is 18.0 Å². The third-order valence-electron chi connectivity index (χ3n) is 5.59. The molecule has 3 unspecified atom stereocenters. The molecule has 4 nitrogen and oxygen atoms in total. The number of ether oxygens (including phenoxy) is 4. The minimum Gasteiger partial charge on any atom is -0.356 e. The van der Waals surface area contributed by atoms with Gasteiger partial charge in [-0.2, -0.15) is 0 Å². The molecule has 4 heteroatoms. The van der Waals surface area contributed by atoms with Gasteiger partial charge in [-0.25, -0.2) is 0 Å². The predicted octanol–water partition coefficient (Wildman–Crippen LogP) is 3.20. The Labute approximate surface area is 123 Å². The number of rotatable bonds is 6. The molecule has 2 fully saturated rings. The average molecular weight is 286 g/mol. The van der Waals surface area contributed by atoms with E-state index in [9.17, 15) is 0 Å². The van der Waals surface area contributed by atoms with Gasteiger partial charge in [0.05, 0.1) is 0 Å². The maximum atomic E-state index is 5.74. The van der Waals surface area contributed by atoms with Gasteiger partial charge < -0.3 is 18.9 Å². The second kappa shape index (κ2) is 7.21. The summed E-state index contributed by atoms with van der Waals surface area (Å²) in [5.74, 6) is 1.01. The fourth-order valence-corrected chi connectivity index (χ4v) is 4.88. The molecule has 2 rings (SSSR count). The Morgan fingerprint density at radius 2 is 1.45 bits per heavy atom. The summed E-state index contributed by atoms with van der Waals surface area (Å²) in [6.45, 7) is 0. The van der Waals surface area contributed by atoms with Gasteiger partial charge >= 0.3 is 0 Å². The summed E-state index contributed by atoms with van der Waals surface area (Å²) >= 11 is 0. The summed E-state index contributed by atoms with van der Waals surface area (Å²) in [6, 6.07) is 0. The summed E-state index contributed by atoms with van der Waals surface area (Å²) in [7, 11) is 7.00. The summed E-state index contributed by atoms with van der Waals surface area (Å²) < 4.78 is 22.7. The van der Waals surface area contributed by atoms with Gasteiger partial charge in [-0.15, -0.1) is 0 Å². The third kappa shape index (κ3) is 2.63. The summed E-state index contributed by atoms with van der Waals surface area (Å²) in [5, 5.41) is 0. The second-order valence-corrected chi connectivity index (χ2v) is 6.24. The number of fused-ring (bicyclic) bond motifs is 1. The van der Waals surface area contributed by atoms with Crippen LogP contribution in [0.15, 0.2) is 0 Å². The van der Waals surface area contributed by atoms with Crippen LogP contribution in [0.25, 0.3) is 0 Å². The molecule has 0 radical (unpaired) electrons. The third-order valence-corrected chi connectivity index (χ3v) is 5.59. The molecular formula is C16H30O4. The standard InChI is InChI=1S/C16H30O4/c1-17-14(18-2)13-10-7-9-12-8-5-6-11-16(12,13)15(19-3)20-4/h12-15H,5-11H2,1-4H3. The first kappa shape index (κ1) is 16.2. The predicted molar refractivity (Wildman–Crippen MR) is 77.3 cm³/mol. The lowest BCUT2D eigenvalue weighted by atomic mass is 9.53. The minimum atomic E-state index is -0.163. The van der Waals surface area contributed by atoms with Crippen LogP contribution >= 0.6 is 0 Å². The molecule has 0 heterocycles. The SMILES string of the molecule is COC(OC)C1CCCC2CCCCC21C(OC)OC. The van der Waals surface area contributed by atoms with E-state index >= 15 is 0 Å². The highest BCUT2D eigenvalue weighted by Crippen LogP contribution is 2.57. The quantitative estimate of drug-likeness (QED) is 0.703. The van der Waals surface area contributed by atoms with Gasteiger partial charge in [-0.3, -0.25) is 0 Å². The second-order valence-electron chi connectivity index (χ2n) is 6.24. The summed E-state index contributed by atoms with van der Waals surface area (Å²) in [6.07, 6.45) is 8.33. The first-order valence-electron chi connectivity index (χ1n) is 7.85. The molecule has 0 amide bonds. The molecule has 0 bridgehead atoms. The molecule has 118 valence electrons. The van der Waals surface area contributed by atoms with Gasteiger partial charge in [0.25, 0.3) is 0 Å². The van der Waals surface area contributed by atoms with Crippen LogP contribution in [0.3, 0.4) is 0 Å². The van der Waals surface area contributed by atoms with Crippen LogP contribution in [0.5, 0.6) is 0 Å². The van der Waals surface area contributed by atoms with Crippen LogP contribution in [-0.4, -0.2) is 41.0 Å². The van der Waals surface area contributed by atoms with Crippen molar-refractivity contribution in [2.24, 2.45) is 17.3 Å². The van der Waals surface area contributed by atoms with Crippen LogP contribution in [0.4, 0.5) is 0 Å². The number of hydrogen-bond donors (Lipinski definition) is 0. The zero-order valence-corrected chi connectivity index (χ0v) is 13.4. The number of methoxy groups -OCH3 is 4. The van der Waals surface area contributed by atoms with E-state index < -0.39 is 0 Å². The minimum absolute atomic E-state index is 0.0384. The average Bonchev–Trinajstić information content (AvgIpc) is 2.50. The maximum Gasteiger partial charge on any atom is 0.163 e. The zero-order chi connectivity index (χ0) is 14.6. The van der Waals surface area contributed by atoms with Gasteiger partial charge in [0.1, 0.15) is 0 Å². The monoisotopic (exact) mass is 286 g/mol. The first-order valence-corrected chi connectivity index (χ1v) is 7.85. The zero-order valence-electron chi connectivity index (χ0n) is 13.4. The van der Waals surface area contributed by atoms with Gasteiger partial charge in [0, 0.05) is 39.8 Å². The van der Waals surface area contributed by atoms with Crippen molar-refractivity contribution >= 4 is 0 Å². The van der Waals surface area contributed by atoms with E-state index in [0.717, 1.165) is 12.8 Å². The van der Waals surface area contributed by atoms with Crippen LogP contribution in [-0.2, 0) is 18.9 Å². The molecule has 2 saturated carbocycles. The normalized spacial score (nSPS) is 34.5. The van der Waals surface area contributed by atoms with Crippen molar-refractivity contribution in [2.45, 2.75) is 57.5 Å². The molecule has 0 aromatic rings. The van der Waals surface area contributed by atoms with E-state index in [4.69, 9.17) is 18.9 Å². The Balaban J connectivity index is 2.36. The van der Waals surface area contributed by atoms with E-state index in [2.05, 4.69) is 0 Å².